The van der Waals surface area contributed by atoms with Crippen LogP contribution in [-0.4, -0.2) is 55.5 Å². The second-order valence-corrected chi connectivity index (χ2v) is 7.74. The van der Waals surface area contributed by atoms with Crippen molar-refractivity contribution in [2.45, 2.75) is 12.0 Å². The zero-order valence-electron chi connectivity index (χ0n) is 17.7. The maximum absolute atomic E-state index is 12.1. The van der Waals surface area contributed by atoms with Crippen LogP contribution < -0.4 is 11.5 Å². The minimum atomic E-state index is -1.68. The molecule has 1 aromatic carbocycles. The van der Waals surface area contributed by atoms with Crippen molar-refractivity contribution in [2.24, 2.45) is 12.8 Å². The molecule has 162 valence electrons. The number of pyridine rings is 1. The summed E-state index contributed by atoms with van der Waals surface area (Å²) in [6, 6.07) is 8.86. The van der Waals surface area contributed by atoms with E-state index in [1.54, 1.807) is 48.4 Å². The molecule has 0 radical (unpaired) electrons. The van der Waals surface area contributed by atoms with E-state index in [0.29, 0.717) is 34.6 Å². The highest BCUT2D eigenvalue weighted by atomic mass is 16.3. The van der Waals surface area contributed by atoms with E-state index >= 15 is 0 Å². The number of imidazole rings is 1. The third-order valence-electron chi connectivity index (χ3n) is 5.47. The number of likely N-dealkylation sites (tertiary alicyclic amines) is 1. The number of carbonyl (C=O) groups excluding carboxylic acids is 2. The van der Waals surface area contributed by atoms with Crippen LogP contribution in [0.3, 0.4) is 0 Å². The number of hydrogen-bond donors (Lipinski definition) is 3. The number of nitrogens with two attached hydrogens (primary N) is 2. The van der Waals surface area contributed by atoms with Crippen molar-refractivity contribution in [3.8, 4) is 34.4 Å². The molecule has 1 aliphatic rings. The normalized spacial score (nSPS) is 17.8. The summed E-state index contributed by atoms with van der Waals surface area (Å²) in [4.78, 5) is 34.1. The van der Waals surface area contributed by atoms with Crippen molar-refractivity contribution in [3.63, 3.8) is 0 Å². The van der Waals surface area contributed by atoms with Crippen molar-refractivity contribution in [1.29, 1.82) is 0 Å². The van der Waals surface area contributed by atoms with Gasteiger partial charge in [0.1, 0.15) is 0 Å². The number of carbonyl (C=O) groups is 2. The Morgan fingerprint density at radius 3 is 2.69 bits per heavy atom. The van der Waals surface area contributed by atoms with E-state index in [-0.39, 0.29) is 17.8 Å². The zero-order valence-corrected chi connectivity index (χ0v) is 17.7. The molecule has 1 fully saturated rings. The summed E-state index contributed by atoms with van der Waals surface area (Å²) in [6.45, 7) is 0.450. The molecule has 3 heterocycles. The van der Waals surface area contributed by atoms with E-state index in [4.69, 9.17) is 11.5 Å². The first kappa shape index (κ1) is 21.1. The van der Waals surface area contributed by atoms with Gasteiger partial charge < -0.3 is 26.0 Å². The summed E-state index contributed by atoms with van der Waals surface area (Å²) in [5, 5.41) is 10.5. The Kier molecular flexibility index (Phi) is 5.16. The van der Waals surface area contributed by atoms with E-state index in [1.807, 2.05) is 13.1 Å². The molecule has 2 amide bonds. The van der Waals surface area contributed by atoms with Crippen LogP contribution in [0.2, 0.25) is 0 Å². The summed E-state index contributed by atoms with van der Waals surface area (Å²) in [5.41, 5.74) is 13.2. The average molecular weight is 430 g/mol. The number of amides is 2. The number of rotatable bonds is 3. The molecule has 2 aromatic heterocycles. The summed E-state index contributed by atoms with van der Waals surface area (Å²) >= 11 is 0. The molecule has 3 aromatic rings. The molecule has 0 spiro atoms. The van der Waals surface area contributed by atoms with Gasteiger partial charge in [0, 0.05) is 43.8 Å². The first-order valence-corrected chi connectivity index (χ1v) is 9.88. The number of anilines is 1. The fourth-order valence-electron chi connectivity index (χ4n) is 3.62. The molecule has 0 saturated carbocycles. The summed E-state index contributed by atoms with van der Waals surface area (Å²) in [7, 11) is 3.44. The maximum atomic E-state index is 12.1. The van der Waals surface area contributed by atoms with E-state index in [9.17, 15) is 14.7 Å². The fourth-order valence-corrected chi connectivity index (χ4v) is 3.62. The Balaban J connectivity index is 1.78. The second-order valence-electron chi connectivity index (χ2n) is 7.74. The molecule has 9 nitrogen and oxygen atoms in total. The van der Waals surface area contributed by atoms with Crippen LogP contribution in [0.5, 0.6) is 0 Å². The van der Waals surface area contributed by atoms with Gasteiger partial charge in [-0.25, -0.2) is 9.97 Å². The topological polar surface area (TPSA) is 140 Å². The maximum Gasteiger partial charge on any atom is 0.269 e. The van der Waals surface area contributed by atoms with Crippen molar-refractivity contribution < 1.29 is 14.7 Å². The molecule has 0 bridgehead atoms. The van der Waals surface area contributed by atoms with Crippen molar-refractivity contribution in [2.75, 3.05) is 19.3 Å². The Hall–Kier alpha value is -4.16. The Labute approximate surface area is 184 Å². The molecule has 0 unspecified atom stereocenters. The van der Waals surface area contributed by atoms with Crippen molar-refractivity contribution >= 4 is 17.5 Å². The molecule has 9 heteroatoms. The van der Waals surface area contributed by atoms with Gasteiger partial charge >= 0.3 is 0 Å². The lowest BCUT2D eigenvalue weighted by Crippen LogP contribution is -2.37. The molecule has 1 saturated heterocycles. The van der Waals surface area contributed by atoms with Crippen LogP contribution in [0.4, 0.5) is 5.69 Å². The first-order chi connectivity index (χ1) is 15.2. The number of nitrogens with zero attached hydrogens (tertiary/aromatic N) is 4. The first-order valence-electron chi connectivity index (χ1n) is 9.88. The molecule has 1 atom stereocenters. The molecule has 32 heavy (non-hydrogen) atoms. The van der Waals surface area contributed by atoms with Gasteiger partial charge in [-0.05, 0) is 18.2 Å². The van der Waals surface area contributed by atoms with Crippen molar-refractivity contribution in [3.05, 3.63) is 54.1 Å². The number of aliphatic hydroxyl groups is 1. The van der Waals surface area contributed by atoms with Crippen LogP contribution in [0.1, 0.15) is 22.5 Å². The van der Waals surface area contributed by atoms with Crippen LogP contribution in [-0.2, 0) is 11.8 Å². The standard InChI is InChI=1S/C23H22N6O3/c1-28-9-8-23(32,22(28)31)7-6-14-4-3-5-15(10-14)17-11-16(18-12-26-13-29(18)2)19(24)20(27-17)21(25)30/h3-5,10-13,32H,8-9,24H2,1-2H3,(H2,25,30)/t23-/m0/s1. The van der Waals surface area contributed by atoms with Gasteiger partial charge in [0.15, 0.2) is 5.69 Å². The smallest absolute Gasteiger partial charge is 0.269 e. The predicted octanol–water partition coefficient (Wildman–Crippen LogP) is 0.775. The molecular weight excluding hydrogens is 408 g/mol. The zero-order chi connectivity index (χ0) is 23.0. The fraction of sp³-hybridized carbons (Fsp3) is 0.217. The van der Waals surface area contributed by atoms with Crippen LogP contribution in [0.15, 0.2) is 42.9 Å². The number of nitrogen functional groups attached to an aromatic ring is 1. The largest absolute Gasteiger partial charge is 0.396 e. The monoisotopic (exact) mass is 430 g/mol. The molecule has 1 aliphatic heterocycles. The number of benzene rings is 1. The van der Waals surface area contributed by atoms with E-state index < -0.39 is 17.4 Å². The predicted molar refractivity (Wildman–Crippen MR) is 119 cm³/mol. The van der Waals surface area contributed by atoms with E-state index in [0.717, 1.165) is 0 Å². The van der Waals surface area contributed by atoms with Gasteiger partial charge in [0.2, 0.25) is 5.60 Å². The Bertz CT molecular complexity index is 1300. The highest BCUT2D eigenvalue weighted by Gasteiger charge is 2.42. The van der Waals surface area contributed by atoms with Gasteiger partial charge in [-0.3, -0.25) is 9.59 Å². The number of primary amides is 1. The lowest BCUT2D eigenvalue weighted by molar-refractivity contribution is -0.137. The lowest BCUT2D eigenvalue weighted by Gasteiger charge is -2.13. The number of aryl methyl sites for hydroxylation is 1. The summed E-state index contributed by atoms with van der Waals surface area (Å²) in [6.07, 6.45) is 3.52. The number of hydrogen-bond acceptors (Lipinski definition) is 6. The average Bonchev–Trinajstić information content (AvgIpc) is 3.31. The van der Waals surface area contributed by atoms with E-state index in [2.05, 4.69) is 21.8 Å². The van der Waals surface area contributed by atoms with Crippen LogP contribution in [0.25, 0.3) is 22.5 Å². The minimum Gasteiger partial charge on any atom is -0.396 e. The SMILES string of the molecule is CN1CC[C@@](O)(C#Cc2cccc(-c3cc(-c4cncn4C)c(N)c(C(N)=O)n3)c2)C1=O. The minimum absolute atomic E-state index is 0.0379. The molecule has 4 rings (SSSR count). The second kappa shape index (κ2) is 7.83. The third-order valence-corrected chi connectivity index (χ3v) is 5.47. The van der Waals surface area contributed by atoms with Gasteiger partial charge in [0.25, 0.3) is 11.8 Å². The van der Waals surface area contributed by atoms with Crippen LogP contribution in [0, 0.1) is 11.8 Å². The molecule has 5 N–H and O–H groups in total. The summed E-state index contributed by atoms with van der Waals surface area (Å²) < 4.78 is 1.78. The van der Waals surface area contributed by atoms with E-state index in [1.165, 1.54) is 4.90 Å². The Morgan fingerprint density at radius 2 is 2.06 bits per heavy atom. The van der Waals surface area contributed by atoms with Crippen molar-refractivity contribution in [1.82, 2.24) is 19.4 Å². The summed E-state index contributed by atoms with van der Waals surface area (Å²) in [5.74, 6) is 4.43. The van der Waals surface area contributed by atoms with Crippen LogP contribution >= 0.6 is 0 Å². The Morgan fingerprint density at radius 1 is 1.28 bits per heavy atom. The third kappa shape index (κ3) is 3.68. The van der Waals surface area contributed by atoms with Gasteiger partial charge in [-0.2, -0.15) is 0 Å². The highest BCUT2D eigenvalue weighted by Crippen LogP contribution is 2.32. The highest BCUT2D eigenvalue weighted by molar-refractivity contribution is 6.00. The number of aromatic nitrogens is 3. The van der Waals surface area contributed by atoms with Gasteiger partial charge in [0.05, 0.1) is 29.6 Å². The lowest BCUT2D eigenvalue weighted by atomic mass is 10.0. The molecule has 0 aliphatic carbocycles. The van der Waals surface area contributed by atoms with Gasteiger partial charge in [-0.1, -0.05) is 24.0 Å². The quantitative estimate of drug-likeness (QED) is 0.525. The number of likely N-dealkylation sites (N-methyl/N-ethyl adjacent to an activating group) is 1. The molecular formula is C23H22N6O3. The van der Waals surface area contributed by atoms with Gasteiger partial charge in [-0.15, -0.1) is 0 Å².